The Morgan fingerprint density at radius 1 is 1.40 bits per heavy atom. The summed E-state index contributed by atoms with van der Waals surface area (Å²) in [5, 5.41) is 14.0. The molecule has 0 radical (unpaired) electrons. The standard InChI is InChI=1S/C13H23N3O3S/c1-9-13(10(2)16(4)14-9)20(18,19)15(3)8-11-6-5-7-12(11)17/h11-12,17H,5-8H2,1-4H3. The van der Waals surface area contributed by atoms with Crippen LogP contribution in [0.15, 0.2) is 4.90 Å². The van der Waals surface area contributed by atoms with Crippen LogP contribution in [0.4, 0.5) is 0 Å². The lowest BCUT2D eigenvalue weighted by Crippen LogP contribution is -2.35. The van der Waals surface area contributed by atoms with Crippen molar-refractivity contribution in [3.05, 3.63) is 11.4 Å². The van der Waals surface area contributed by atoms with Crippen molar-refractivity contribution in [2.45, 2.75) is 44.1 Å². The topological polar surface area (TPSA) is 75.4 Å². The predicted molar refractivity (Wildman–Crippen MR) is 75.8 cm³/mol. The quantitative estimate of drug-likeness (QED) is 0.893. The molecule has 6 nitrogen and oxygen atoms in total. The molecule has 0 amide bonds. The highest BCUT2D eigenvalue weighted by Crippen LogP contribution is 2.29. The van der Waals surface area contributed by atoms with Crippen molar-refractivity contribution >= 4 is 10.0 Å². The van der Waals surface area contributed by atoms with Gasteiger partial charge >= 0.3 is 0 Å². The van der Waals surface area contributed by atoms with Gasteiger partial charge in [0.2, 0.25) is 10.0 Å². The number of rotatable bonds is 4. The number of sulfonamides is 1. The van der Waals surface area contributed by atoms with E-state index in [0.29, 0.717) is 17.9 Å². The van der Waals surface area contributed by atoms with Crippen LogP contribution in [0.25, 0.3) is 0 Å². The summed E-state index contributed by atoms with van der Waals surface area (Å²) in [5.74, 6) is 0.0343. The summed E-state index contributed by atoms with van der Waals surface area (Å²) in [6.07, 6.45) is 2.23. The van der Waals surface area contributed by atoms with Gasteiger partial charge in [0.15, 0.2) is 0 Å². The Bertz CT molecular complexity index is 594. The Morgan fingerprint density at radius 2 is 2.05 bits per heavy atom. The molecule has 114 valence electrons. The molecule has 0 saturated heterocycles. The van der Waals surface area contributed by atoms with Gasteiger partial charge in [0.1, 0.15) is 4.90 Å². The summed E-state index contributed by atoms with van der Waals surface area (Å²) in [5.41, 5.74) is 1.16. The van der Waals surface area contributed by atoms with Crippen molar-refractivity contribution in [2.24, 2.45) is 13.0 Å². The van der Waals surface area contributed by atoms with E-state index in [-0.39, 0.29) is 16.9 Å². The average Bonchev–Trinajstić information content (AvgIpc) is 2.84. The van der Waals surface area contributed by atoms with Crippen LogP contribution >= 0.6 is 0 Å². The van der Waals surface area contributed by atoms with Gasteiger partial charge in [-0.1, -0.05) is 6.42 Å². The summed E-state index contributed by atoms with van der Waals surface area (Å²) < 4.78 is 28.3. The van der Waals surface area contributed by atoms with E-state index in [0.717, 1.165) is 19.3 Å². The third-order valence-electron chi connectivity index (χ3n) is 4.22. The van der Waals surface area contributed by atoms with Gasteiger partial charge in [0, 0.05) is 20.6 Å². The maximum atomic E-state index is 12.7. The molecule has 7 heteroatoms. The second-order valence-electron chi connectivity index (χ2n) is 5.67. The lowest BCUT2D eigenvalue weighted by molar-refractivity contribution is 0.123. The first-order chi connectivity index (χ1) is 9.25. The summed E-state index contributed by atoms with van der Waals surface area (Å²) in [4.78, 5) is 0.287. The number of nitrogens with zero attached hydrogens (tertiary/aromatic N) is 3. The van der Waals surface area contributed by atoms with Crippen LogP contribution in [0, 0.1) is 19.8 Å². The van der Waals surface area contributed by atoms with E-state index >= 15 is 0 Å². The number of aromatic nitrogens is 2. The zero-order chi connectivity index (χ0) is 15.1. The van der Waals surface area contributed by atoms with Crippen molar-refractivity contribution in [3.8, 4) is 0 Å². The van der Waals surface area contributed by atoms with Crippen LogP contribution in [0.2, 0.25) is 0 Å². The van der Waals surface area contributed by atoms with Gasteiger partial charge in [-0.05, 0) is 32.6 Å². The van der Waals surface area contributed by atoms with Gasteiger partial charge in [-0.15, -0.1) is 0 Å². The molecule has 1 aliphatic carbocycles. The van der Waals surface area contributed by atoms with Gasteiger partial charge in [-0.2, -0.15) is 5.10 Å². The van der Waals surface area contributed by atoms with E-state index < -0.39 is 10.0 Å². The smallest absolute Gasteiger partial charge is 0.246 e. The second kappa shape index (κ2) is 5.46. The fourth-order valence-corrected chi connectivity index (χ4v) is 4.56. The molecule has 2 unspecified atom stereocenters. The highest BCUT2D eigenvalue weighted by molar-refractivity contribution is 7.89. The van der Waals surface area contributed by atoms with Gasteiger partial charge < -0.3 is 5.11 Å². The molecule has 1 fully saturated rings. The number of aryl methyl sites for hydroxylation is 2. The molecule has 1 saturated carbocycles. The molecular weight excluding hydrogens is 278 g/mol. The van der Waals surface area contributed by atoms with E-state index in [4.69, 9.17) is 0 Å². The van der Waals surface area contributed by atoms with Crippen molar-refractivity contribution < 1.29 is 13.5 Å². The summed E-state index contributed by atoms with van der Waals surface area (Å²) >= 11 is 0. The molecule has 1 heterocycles. The van der Waals surface area contributed by atoms with E-state index in [1.165, 1.54) is 4.31 Å². The minimum atomic E-state index is -3.55. The molecule has 20 heavy (non-hydrogen) atoms. The monoisotopic (exact) mass is 301 g/mol. The minimum Gasteiger partial charge on any atom is -0.393 e. The van der Waals surface area contributed by atoms with Crippen molar-refractivity contribution in [1.29, 1.82) is 0 Å². The number of hydrogen-bond donors (Lipinski definition) is 1. The van der Waals surface area contributed by atoms with Crippen LogP contribution in [0.3, 0.4) is 0 Å². The molecule has 1 aromatic heterocycles. The largest absolute Gasteiger partial charge is 0.393 e. The summed E-state index contributed by atoms with van der Waals surface area (Å²) in [6, 6.07) is 0. The van der Waals surface area contributed by atoms with Gasteiger partial charge in [-0.3, -0.25) is 4.68 Å². The normalized spacial score (nSPS) is 23.7. The Labute approximate surface area is 120 Å². The molecule has 2 atom stereocenters. The van der Waals surface area contributed by atoms with E-state index in [1.54, 1.807) is 32.6 Å². The van der Waals surface area contributed by atoms with Crippen LogP contribution in [0.5, 0.6) is 0 Å². The number of aliphatic hydroxyl groups excluding tert-OH is 1. The first kappa shape index (κ1) is 15.5. The second-order valence-corrected chi connectivity index (χ2v) is 7.65. The molecule has 1 N–H and O–H groups in total. The van der Waals surface area contributed by atoms with E-state index in [2.05, 4.69) is 5.10 Å². The van der Waals surface area contributed by atoms with E-state index in [9.17, 15) is 13.5 Å². The predicted octanol–water partition coefficient (Wildman–Crippen LogP) is 0.818. The maximum absolute atomic E-state index is 12.7. The molecular formula is C13H23N3O3S. The molecule has 1 aliphatic rings. The fraction of sp³-hybridized carbons (Fsp3) is 0.769. The maximum Gasteiger partial charge on any atom is 0.246 e. The third kappa shape index (κ3) is 2.62. The molecule has 0 bridgehead atoms. The Kier molecular flexibility index (Phi) is 4.22. The Morgan fingerprint density at radius 3 is 2.50 bits per heavy atom. The first-order valence-electron chi connectivity index (χ1n) is 6.89. The van der Waals surface area contributed by atoms with Crippen molar-refractivity contribution in [3.63, 3.8) is 0 Å². The molecule has 1 aromatic rings. The van der Waals surface area contributed by atoms with Crippen LogP contribution in [-0.4, -0.2) is 47.3 Å². The number of aliphatic hydroxyl groups is 1. The zero-order valence-electron chi connectivity index (χ0n) is 12.5. The molecule has 2 rings (SSSR count). The van der Waals surface area contributed by atoms with Crippen LogP contribution in [0.1, 0.15) is 30.7 Å². The van der Waals surface area contributed by atoms with Crippen molar-refractivity contribution in [2.75, 3.05) is 13.6 Å². The first-order valence-corrected chi connectivity index (χ1v) is 8.33. The lowest BCUT2D eigenvalue weighted by Gasteiger charge is -2.23. The number of hydrogen-bond acceptors (Lipinski definition) is 4. The fourth-order valence-electron chi connectivity index (χ4n) is 2.94. The molecule has 0 spiro atoms. The SMILES string of the molecule is Cc1nn(C)c(C)c1S(=O)(=O)N(C)CC1CCCC1O. The lowest BCUT2D eigenvalue weighted by atomic mass is 10.1. The molecule has 0 aliphatic heterocycles. The summed E-state index contributed by atoms with van der Waals surface area (Å²) in [6.45, 7) is 3.82. The average molecular weight is 301 g/mol. The highest BCUT2D eigenvalue weighted by Gasteiger charge is 2.33. The van der Waals surface area contributed by atoms with Crippen LogP contribution < -0.4 is 0 Å². The van der Waals surface area contributed by atoms with E-state index in [1.807, 2.05) is 0 Å². The Balaban J connectivity index is 2.25. The van der Waals surface area contributed by atoms with Crippen LogP contribution in [-0.2, 0) is 17.1 Å². The van der Waals surface area contributed by atoms with Gasteiger partial charge in [0.05, 0.1) is 17.5 Å². The summed E-state index contributed by atoms with van der Waals surface area (Å²) in [7, 11) is -0.238. The third-order valence-corrected chi connectivity index (χ3v) is 6.30. The Hall–Kier alpha value is -0.920. The van der Waals surface area contributed by atoms with Gasteiger partial charge in [0.25, 0.3) is 0 Å². The van der Waals surface area contributed by atoms with Gasteiger partial charge in [-0.25, -0.2) is 12.7 Å². The zero-order valence-corrected chi connectivity index (χ0v) is 13.3. The highest BCUT2D eigenvalue weighted by atomic mass is 32.2. The van der Waals surface area contributed by atoms with Crippen molar-refractivity contribution in [1.82, 2.24) is 14.1 Å². The minimum absolute atomic E-state index is 0.0343. The molecule has 0 aromatic carbocycles.